The van der Waals surface area contributed by atoms with Crippen LogP contribution in [0.1, 0.15) is 40.5 Å². The van der Waals surface area contributed by atoms with E-state index in [0.717, 1.165) is 38.4 Å². The molecule has 1 saturated carbocycles. The maximum atomic E-state index is 12.6. The van der Waals surface area contributed by atoms with Crippen molar-refractivity contribution in [2.45, 2.75) is 18.8 Å². The van der Waals surface area contributed by atoms with E-state index in [1.54, 1.807) is 0 Å². The van der Waals surface area contributed by atoms with Crippen molar-refractivity contribution in [3.63, 3.8) is 0 Å². The lowest BCUT2D eigenvalue weighted by Crippen LogP contribution is -2.48. The zero-order valence-electron chi connectivity index (χ0n) is 14.9. The van der Waals surface area contributed by atoms with E-state index in [1.165, 1.54) is 18.4 Å². The quantitative estimate of drug-likeness (QED) is 0.834. The standard InChI is InChI=1S/C21H24N4O/c26-21(20-11-10-19(22-23-20)18-8-9-18)25-15-13-24(14-16-25)12-4-7-17-5-2-1-3-6-17/h1-7,10-11,18H,8-9,12-16H2/b7-4+. The summed E-state index contributed by atoms with van der Waals surface area (Å²) in [6.45, 7) is 4.16. The van der Waals surface area contributed by atoms with Crippen LogP contribution in [0.4, 0.5) is 0 Å². The molecule has 2 aliphatic rings. The third-order valence-electron chi connectivity index (χ3n) is 5.03. The molecule has 1 aromatic carbocycles. The van der Waals surface area contributed by atoms with Gasteiger partial charge in [-0.2, -0.15) is 5.10 Å². The average Bonchev–Trinajstić information content (AvgIpc) is 3.54. The van der Waals surface area contributed by atoms with Crippen molar-refractivity contribution in [1.82, 2.24) is 20.0 Å². The summed E-state index contributed by atoms with van der Waals surface area (Å²) in [4.78, 5) is 16.8. The van der Waals surface area contributed by atoms with Gasteiger partial charge < -0.3 is 4.90 Å². The molecule has 5 heteroatoms. The fourth-order valence-electron chi connectivity index (χ4n) is 3.25. The summed E-state index contributed by atoms with van der Waals surface area (Å²) < 4.78 is 0. The average molecular weight is 348 g/mol. The van der Waals surface area contributed by atoms with E-state index in [-0.39, 0.29) is 5.91 Å². The molecular weight excluding hydrogens is 324 g/mol. The summed E-state index contributed by atoms with van der Waals surface area (Å²) >= 11 is 0. The van der Waals surface area contributed by atoms with Gasteiger partial charge in [0.2, 0.25) is 0 Å². The van der Waals surface area contributed by atoms with Gasteiger partial charge >= 0.3 is 0 Å². The van der Waals surface area contributed by atoms with Crippen molar-refractivity contribution in [3.05, 3.63) is 65.5 Å². The number of hydrogen-bond acceptors (Lipinski definition) is 4. The van der Waals surface area contributed by atoms with Gasteiger partial charge in [-0.1, -0.05) is 42.5 Å². The zero-order chi connectivity index (χ0) is 17.8. The summed E-state index contributed by atoms with van der Waals surface area (Å²) in [5, 5.41) is 8.38. The Bertz CT molecular complexity index is 760. The van der Waals surface area contributed by atoms with Gasteiger partial charge in [0.25, 0.3) is 5.91 Å². The van der Waals surface area contributed by atoms with Crippen LogP contribution in [-0.2, 0) is 0 Å². The lowest BCUT2D eigenvalue weighted by molar-refractivity contribution is 0.0643. The molecule has 4 rings (SSSR count). The van der Waals surface area contributed by atoms with Gasteiger partial charge in [0.05, 0.1) is 5.69 Å². The summed E-state index contributed by atoms with van der Waals surface area (Å²) in [6, 6.07) is 14.1. The fourth-order valence-corrected chi connectivity index (χ4v) is 3.25. The lowest BCUT2D eigenvalue weighted by Gasteiger charge is -2.33. The first-order chi connectivity index (χ1) is 12.8. The van der Waals surface area contributed by atoms with Crippen LogP contribution in [0.5, 0.6) is 0 Å². The van der Waals surface area contributed by atoms with Gasteiger partial charge in [0.15, 0.2) is 5.69 Å². The highest BCUT2D eigenvalue weighted by Crippen LogP contribution is 2.38. The fraction of sp³-hybridized carbons (Fsp3) is 0.381. The Balaban J connectivity index is 1.26. The number of piperazine rings is 1. The topological polar surface area (TPSA) is 49.3 Å². The Hall–Kier alpha value is -2.53. The second-order valence-electron chi connectivity index (χ2n) is 7.02. The normalized spacial score (nSPS) is 18.4. The van der Waals surface area contributed by atoms with Crippen molar-refractivity contribution in [1.29, 1.82) is 0 Å². The number of hydrogen-bond donors (Lipinski definition) is 0. The summed E-state index contributed by atoms with van der Waals surface area (Å²) in [7, 11) is 0. The Morgan fingerprint density at radius 2 is 1.77 bits per heavy atom. The maximum absolute atomic E-state index is 12.6. The zero-order valence-corrected chi connectivity index (χ0v) is 14.9. The molecule has 0 spiro atoms. The van der Waals surface area contributed by atoms with Crippen LogP contribution in [0, 0.1) is 0 Å². The van der Waals surface area contributed by atoms with Gasteiger partial charge in [-0.15, -0.1) is 5.10 Å². The summed E-state index contributed by atoms with van der Waals surface area (Å²) in [5.41, 5.74) is 2.71. The molecular formula is C21H24N4O. The van der Waals surface area contributed by atoms with E-state index in [9.17, 15) is 4.79 Å². The predicted octanol–water partition coefficient (Wildman–Crippen LogP) is 2.83. The molecule has 0 N–H and O–H groups in total. The number of amides is 1. The second-order valence-corrected chi connectivity index (χ2v) is 7.02. The summed E-state index contributed by atoms with van der Waals surface area (Å²) in [5.74, 6) is 0.568. The van der Waals surface area contributed by atoms with Crippen molar-refractivity contribution in [2.24, 2.45) is 0 Å². The smallest absolute Gasteiger partial charge is 0.274 e. The Morgan fingerprint density at radius 3 is 2.42 bits per heavy atom. The third-order valence-corrected chi connectivity index (χ3v) is 5.03. The molecule has 134 valence electrons. The van der Waals surface area contributed by atoms with E-state index < -0.39 is 0 Å². The number of benzene rings is 1. The van der Waals surface area contributed by atoms with E-state index in [4.69, 9.17) is 0 Å². The van der Waals surface area contributed by atoms with Crippen molar-refractivity contribution in [3.8, 4) is 0 Å². The largest absolute Gasteiger partial charge is 0.335 e. The van der Waals surface area contributed by atoms with Crippen LogP contribution in [-0.4, -0.2) is 58.6 Å². The molecule has 26 heavy (non-hydrogen) atoms. The molecule has 2 fully saturated rings. The number of rotatable bonds is 5. The van der Waals surface area contributed by atoms with E-state index in [2.05, 4.69) is 39.4 Å². The molecule has 5 nitrogen and oxygen atoms in total. The molecule has 0 unspecified atom stereocenters. The minimum Gasteiger partial charge on any atom is -0.335 e. The molecule has 1 aliphatic heterocycles. The van der Waals surface area contributed by atoms with Crippen LogP contribution in [0.15, 0.2) is 48.5 Å². The maximum Gasteiger partial charge on any atom is 0.274 e. The molecule has 0 radical (unpaired) electrons. The third kappa shape index (κ3) is 4.17. The van der Waals surface area contributed by atoms with Crippen molar-refractivity contribution in [2.75, 3.05) is 32.7 Å². The van der Waals surface area contributed by atoms with Crippen molar-refractivity contribution < 1.29 is 4.79 Å². The molecule has 0 atom stereocenters. The second kappa shape index (κ2) is 7.79. The number of carbonyl (C=O) groups excluding carboxylic acids is 1. The van der Waals surface area contributed by atoms with E-state index in [0.29, 0.717) is 11.6 Å². The first kappa shape index (κ1) is 16.9. The summed E-state index contributed by atoms with van der Waals surface area (Å²) in [6.07, 6.45) is 6.73. The first-order valence-electron chi connectivity index (χ1n) is 9.36. The van der Waals surface area contributed by atoms with Gasteiger partial charge in [-0.25, -0.2) is 0 Å². The SMILES string of the molecule is O=C(c1ccc(C2CC2)nn1)N1CCN(C/C=C/c2ccccc2)CC1. The van der Waals surface area contributed by atoms with Crippen LogP contribution in [0.3, 0.4) is 0 Å². The number of aromatic nitrogens is 2. The van der Waals surface area contributed by atoms with Crippen LogP contribution in [0.2, 0.25) is 0 Å². The highest BCUT2D eigenvalue weighted by Gasteiger charge is 2.27. The Kier molecular flexibility index (Phi) is 5.07. The molecule has 1 aromatic heterocycles. The first-order valence-corrected chi connectivity index (χ1v) is 9.36. The Labute approximate surface area is 154 Å². The van der Waals surface area contributed by atoms with Crippen LogP contribution >= 0.6 is 0 Å². The molecule has 1 saturated heterocycles. The van der Waals surface area contributed by atoms with Crippen LogP contribution in [0.25, 0.3) is 6.08 Å². The molecule has 2 aromatic rings. The molecule has 2 heterocycles. The molecule has 0 bridgehead atoms. The monoisotopic (exact) mass is 348 g/mol. The van der Waals surface area contributed by atoms with E-state index >= 15 is 0 Å². The van der Waals surface area contributed by atoms with Crippen molar-refractivity contribution >= 4 is 12.0 Å². The lowest BCUT2D eigenvalue weighted by atomic mass is 10.2. The van der Waals surface area contributed by atoms with Gasteiger partial charge in [0.1, 0.15) is 0 Å². The predicted molar refractivity (Wildman–Crippen MR) is 102 cm³/mol. The number of carbonyl (C=O) groups is 1. The molecule has 1 aliphatic carbocycles. The minimum absolute atomic E-state index is 0.000625. The highest BCUT2D eigenvalue weighted by atomic mass is 16.2. The van der Waals surface area contributed by atoms with Crippen LogP contribution < -0.4 is 0 Å². The van der Waals surface area contributed by atoms with Gasteiger partial charge in [-0.3, -0.25) is 9.69 Å². The molecule has 1 amide bonds. The Morgan fingerprint density at radius 1 is 1.00 bits per heavy atom. The van der Waals surface area contributed by atoms with Gasteiger partial charge in [0, 0.05) is 38.6 Å². The van der Waals surface area contributed by atoms with E-state index in [1.807, 2.05) is 35.2 Å². The highest BCUT2D eigenvalue weighted by molar-refractivity contribution is 5.92. The van der Waals surface area contributed by atoms with Gasteiger partial charge in [-0.05, 0) is 30.5 Å². The number of nitrogens with zero attached hydrogens (tertiary/aromatic N) is 4. The minimum atomic E-state index is -0.000625.